The Bertz CT molecular complexity index is 172. The Morgan fingerprint density at radius 2 is 2.31 bits per heavy atom. The molecule has 1 aliphatic rings. The van der Waals surface area contributed by atoms with Crippen molar-refractivity contribution in [3.05, 3.63) is 0 Å². The summed E-state index contributed by atoms with van der Waals surface area (Å²) in [5, 5.41) is 5.70. The van der Waals surface area contributed by atoms with E-state index in [1.165, 1.54) is 0 Å². The molecule has 0 saturated heterocycles. The number of rotatable bonds is 3. The molecule has 2 amide bonds. The van der Waals surface area contributed by atoms with Gasteiger partial charge in [0.2, 0.25) is 0 Å². The Morgan fingerprint density at radius 3 is 2.85 bits per heavy atom. The number of amides is 2. The first-order chi connectivity index (χ1) is 6.22. The van der Waals surface area contributed by atoms with Gasteiger partial charge in [0.1, 0.15) is 0 Å². The molecule has 76 valence electrons. The number of urea groups is 1. The van der Waals surface area contributed by atoms with E-state index >= 15 is 0 Å². The van der Waals surface area contributed by atoms with Crippen LogP contribution in [0.5, 0.6) is 0 Å². The van der Waals surface area contributed by atoms with Gasteiger partial charge in [-0.2, -0.15) is 0 Å². The maximum atomic E-state index is 11.2. The molecular formula is C9H19N3O. The molecule has 0 unspecified atom stereocenters. The maximum absolute atomic E-state index is 11.2. The molecule has 0 aromatic carbocycles. The second-order valence-corrected chi connectivity index (χ2v) is 3.67. The lowest BCUT2D eigenvalue weighted by molar-refractivity contribution is 0.237. The molecule has 0 aliphatic heterocycles. The Labute approximate surface area is 79.3 Å². The van der Waals surface area contributed by atoms with Crippen molar-refractivity contribution in [1.82, 2.24) is 10.6 Å². The largest absolute Gasteiger partial charge is 0.338 e. The van der Waals surface area contributed by atoms with Crippen LogP contribution in [0.25, 0.3) is 0 Å². The van der Waals surface area contributed by atoms with Gasteiger partial charge in [-0.1, -0.05) is 6.92 Å². The van der Waals surface area contributed by atoms with Crippen molar-refractivity contribution < 1.29 is 4.79 Å². The first-order valence-electron chi connectivity index (χ1n) is 5.02. The van der Waals surface area contributed by atoms with Crippen molar-refractivity contribution in [3.63, 3.8) is 0 Å². The van der Waals surface area contributed by atoms with Gasteiger partial charge in [-0.05, 0) is 25.7 Å². The van der Waals surface area contributed by atoms with Crippen molar-refractivity contribution in [2.24, 2.45) is 5.73 Å². The zero-order valence-electron chi connectivity index (χ0n) is 8.18. The van der Waals surface area contributed by atoms with E-state index in [1.807, 2.05) is 6.92 Å². The van der Waals surface area contributed by atoms with Crippen molar-refractivity contribution in [1.29, 1.82) is 0 Å². The minimum Gasteiger partial charge on any atom is -0.338 e. The van der Waals surface area contributed by atoms with E-state index in [4.69, 9.17) is 5.73 Å². The normalized spacial score (nSPS) is 27.2. The van der Waals surface area contributed by atoms with Gasteiger partial charge in [-0.15, -0.1) is 0 Å². The molecule has 0 radical (unpaired) electrons. The number of nitrogens with two attached hydrogens (primary N) is 1. The van der Waals surface area contributed by atoms with E-state index in [1.54, 1.807) is 0 Å². The smallest absolute Gasteiger partial charge is 0.315 e. The summed E-state index contributed by atoms with van der Waals surface area (Å²) in [4.78, 5) is 11.2. The number of nitrogens with one attached hydrogen (secondary N) is 2. The van der Waals surface area contributed by atoms with Crippen LogP contribution in [-0.4, -0.2) is 24.7 Å². The van der Waals surface area contributed by atoms with Gasteiger partial charge in [0.25, 0.3) is 0 Å². The van der Waals surface area contributed by atoms with Crippen LogP contribution in [0.15, 0.2) is 0 Å². The predicted molar refractivity (Wildman–Crippen MR) is 52.4 cm³/mol. The van der Waals surface area contributed by atoms with Crippen LogP contribution in [0.4, 0.5) is 4.79 Å². The average Bonchev–Trinajstić information content (AvgIpc) is 2.48. The molecule has 1 fully saturated rings. The van der Waals surface area contributed by atoms with Gasteiger partial charge >= 0.3 is 6.03 Å². The summed E-state index contributed by atoms with van der Waals surface area (Å²) in [7, 11) is 0. The van der Waals surface area contributed by atoms with Crippen molar-refractivity contribution in [2.75, 3.05) is 6.54 Å². The minimum absolute atomic E-state index is 0.0547. The van der Waals surface area contributed by atoms with Crippen LogP contribution in [0.3, 0.4) is 0 Å². The topological polar surface area (TPSA) is 67.2 Å². The Morgan fingerprint density at radius 1 is 1.54 bits per heavy atom. The molecule has 0 aromatic heterocycles. The van der Waals surface area contributed by atoms with Gasteiger partial charge in [0, 0.05) is 18.6 Å². The molecule has 0 aromatic rings. The molecule has 1 rings (SSSR count). The molecule has 0 bridgehead atoms. The fourth-order valence-corrected chi connectivity index (χ4v) is 1.62. The van der Waals surface area contributed by atoms with E-state index in [0.29, 0.717) is 0 Å². The molecule has 4 N–H and O–H groups in total. The van der Waals surface area contributed by atoms with Crippen molar-refractivity contribution in [3.8, 4) is 0 Å². The zero-order chi connectivity index (χ0) is 9.68. The third-order valence-electron chi connectivity index (χ3n) is 2.34. The average molecular weight is 185 g/mol. The van der Waals surface area contributed by atoms with Crippen molar-refractivity contribution >= 4 is 6.03 Å². The molecule has 0 heterocycles. The quantitative estimate of drug-likeness (QED) is 0.602. The zero-order valence-corrected chi connectivity index (χ0v) is 8.18. The molecule has 2 atom stereocenters. The number of hydrogen-bond acceptors (Lipinski definition) is 2. The Kier molecular flexibility index (Phi) is 4.02. The lowest BCUT2D eigenvalue weighted by atomic mass is 10.2. The van der Waals surface area contributed by atoms with E-state index < -0.39 is 0 Å². The predicted octanol–water partition coefficient (Wildman–Crippen LogP) is 0.575. The third kappa shape index (κ3) is 3.63. The maximum Gasteiger partial charge on any atom is 0.315 e. The van der Waals surface area contributed by atoms with Crippen LogP contribution in [0.2, 0.25) is 0 Å². The molecule has 4 heteroatoms. The summed E-state index contributed by atoms with van der Waals surface area (Å²) in [6.07, 6.45) is 3.93. The van der Waals surface area contributed by atoms with E-state index in [2.05, 4.69) is 10.6 Å². The highest BCUT2D eigenvalue weighted by Gasteiger charge is 2.22. The van der Waals surface area contributed by atoms with Crippen molar-refractivity contribution in [2.45, 2.75) is 44.7 Å². The molecule has 1 aliphatic carbocycles. The highest BCUT2D eigenvalue weighted by molar-refractivity contribution is 5.74. The number of carbonyl (C=O) groups excluding carboxylic acids is 1. The SMILES string of the molecule is CCCNC(=O)N[C@@H]1CC[C@H](N)C1. The van der Waals surface area contributed by atoms with Crippen LogP contribution in [0, 0.1) is 0 Å². The van der Waals surface area contributed by atoms with E-state index in [9.17, 15) is 4.79 Å². The summed E-state index contributed by atoms with van der Waals surface area (Å²) >= 11 is 0. The van der Waals surface area contributed by atoms with E-state index in [0.717, 1.165) is 32.2 Å². The first kappa shape index (κ1) is 10.3. The highest BCUT2D eigenvalue weighted by atomic mass is 16.2. The van der Waals surface area contributed by atoms with Gasteiger partial charge in [-0.25, -0.2) is 4.79 Å². The second kappa shape index (κ2) is 5.07. The van der Waals surface area contributed by atoms with Gasteiger partial charge in [-0.3, -0.25) is 0 Å². The highest BCUT2D eigenvalue weighted by Crippen LogP contribution is 2.16. The van der Waals surface area contributed by atoms with E-state index in [-0.39, 0.29) is 18.1 Å². The molecule has 13 heavy (non-hydrogen) atoms. The lowest BCUT2D eigenvalue weighted by Crippen LogP contribution is -2.41. The van der Waals surface area contributed by atoms with Crippen LogP contribution in [-0.2, 0) is 0 Å². The van der Waals surface area contributed by atoms with Crippen LogP contribution in [0.1, 0.15) is 32.6 Å². The fraction of sp³-hybridized carbons (Fsp3) is 0.889. The number of carbonyl (C=O) groups is 1. The lowest BCUT2D eigenvalue weighted by Gasteiger charge is -2.12. The molecule has 0 spiro atoms. The standard InChI is InChI=1S/C9H19N3O/c1-2-5-11-9(13)12-8-4-3-7(10)6-8/h7-8H,2-6,10H2,1H3,(H2,11,12,13)/t7-,8+/m0/s1. The third-order valence-corrected chi connectivity index (χ3v) is 2.34. The van der Waals surface area contributed by atoms with Gasteiger partial charge < -0.3 is 16.4 Å². The fourth-order valence-electron chi connectivity index (χ4n) is 1.62. The Balaban J connectivity index is 2.13. The molecule has 1 saturated carbocycles. The minimum atomic E-state index is -0.0547. The molecule has 4 nitrogen and oxygen atoms in total. The summed E-state index contributed by atoms with van der Waals surface area (Å²) in [5.74, 6) is 0. The van der Waals surface area contributed by atoms with Gasteiger partial charge in [0.05, 0.1) is 0 Å². The van der Waals surface area contributed by atoms with Crippen LogP contribution < -0.4 is 16.4 Å². The van der Waals surface area contributed by atoms with Crippen LogP contribution >= 0.6 is 0 Å². The monoisotopic (exact) mass is 185 g/mol. The van der Waals surface area contributed by atoms with Gasteiger partial charge in [0.15, 0.2) is 0 Å². The second-order valence-electron chi connectivity index (χ2n) is 3.67. The Hall–Kier alpha value is -0.770. The summed E-state index contributed by atoms with van der Waals surface area (Å²) < 4.78 is 0. The molecular weight excluding hydrogens is 166 g/mol. The summed E-state index contributed by atoms with van der Waals surface area (Å²) in [6, 6.07) is 0.504. The summed E-state index contributed by atoms with van der Waals surface area (Å²) in [6.45, 7) is 2.77. The first-order valence-corrected chi connectivity index (χ1v) is 5.02. The number of hydrogen-bond donors (Lipinski definition) is 3. The summed E-state index contributed by atoms with van der Waals surface area (Å²) in [5.41, 5.74) is 5.73.